The van der Waals surface area contributed by atoms with Crippen LogP contribution in [-0.4, -0.2) is 30.9 Å². The Morgan fingerprint density at radius 2 is 1.86 bits per heavy atom. The standard InChI is InChI=1S/C21H22FNO.C2H4O2/c1-15-2-5-17-8-9-21(13-18(17)12-15)10-11-23(20(21)24)14-16-3-6-19(22)7-4-16;1-4-2-3/h2-7,12H,8-11,13-14H2,1H3;2H,1H3. The summed E-state index contributed by atoms with van der Waals surface area (Å²) in [4.78, 5) is 24.0. The number of likely N-dealkylation sites (tertiary alicyclic amines) is 1. The number of amides is 1. The average molecular weight is 383 g/mol. The first-order valence-corrected chi connectivity index (χ1v) is 9.56. The highest BCUT2D eigenvalue weighted by Gasteiger charge is 2.47. The minimum Gasteiger partial charge on any atom is -0.471 e. The summed E-state index contributed by atoms with van der Waals surface area (Å²) in [5, 5.41) is 0. The Balaban J connectivity index is 0.000000516. The first-order chi connectivity index (χ1) is 13.5. The van der Waals surface area contributed by atoms with Crippen molar-refractivity contribution in [2.45, 2.75) is 39.2 Å². The molecule has 1 amide bonds. The Morgan fingerprint density at radius 3 is 2.54 bits per heavy atom. The molecule has 1 fully saturated rings. The summed E-state index contributed by atoms with van der Waals surface area (Å²) in [6.45, 7) is 3.87. The van der Waals surface area contributed by atoms with Crippen molar-refractivity contribution < 1.29 is 18.7 Å². The van der Waals surface area contributed by atoms with Crippen molar-refractivity contribution in [3.8, 4) is 0 Å². The molecule has 4 nitrogen and oxygen atoms in total. The van der Waals surface area contributed by atoms with Crippen molar-refractivity contribution in [3.63, 3.8) is 0 Å². The summed E-state index contributed by atoms with van der Waals surface area (Å²) in [5.74, 6) is 0.0428. The van der Waals surface area contributed by atoms with Crippen LogP contribution in [0.4, 0.5) is 4.39 Å². The largest absolute Gasteiger partial charge is 0.471 e. The molecule has 5 heteroatoms. The van der Waals surface area contributed by atoms with E-state index in [1.54, 1.807) is 12.1 Å². The van der Waals surface area contributed by atoms with Gasteiger partial charge in [-0.2, -0.15) is 0 Å². The summed E-state index contributed by atoms with van der Waals surface area (Å²) in [5.41, 5.74) is 4.78. The summed E-state index contributed by atoms with van der Waals surface area (Å²) in [6.07, 6.45) is 3.73. The van der Waals surface area contributed by atoms with Crippen molar-refractivity contribution in [2.75, 3.05) is 13.7 Å². The number of hydrogen-bond acceptors (Lipinski definition) is 3. The molecule has 2 aromatic rings. The Morgan fingerprint density at radius 1 is 1.14 bits per heavy atom. The monoisotopic (exact) mass is 383 g/mol. The molecule has 0 radical (unpaired) electrons. The van der Waals surface area contributed by atoms with E-state index >= 15 is 0 Å². The molecule has 1 unspecified atom stereocenters. The van der Waals surface area contributed by atoms with Gasteiger partial charge in [0.1, 0.15) is 5.82 Å². The van der Waals surface area contributed by atoms with Crippen LogP contribution < -0.4 is 0 Å². The highest BCUT2D eigenvalue weighted by Crippen LogP contribution is 2.44. The Labute approximate surface area is 165 Å². The Hall–Kier alpha value is -2.69. The summed E-state index contributed by atoms with van der Waals surface area (Å²) in [6, 6.07) is 13.1. The molecule has 0 saturated carbocycles. The zero-order chi connectivity index (χ0) is 20.1. The van der Waals surface area contributed by atoms with Crippen LogP contribution in [0.2, 0.25) is 0 Å². The smallest absolute Gasteiger partial charge is 0.292 e. The molecule has 148 valence electrons. The number of carbonyl (C=O) groups excluding carboxylic acids is 2. The maximum absolute atomic E-state index is 13.1. The van der Waals surface area contributed by atoms with Crippen LogP contribution in [0.25, 0.3) is 0 Å². The van der Waals surface area contributed by atoms with E-state index < -0.39 is 0 Å². The zero-order valence-corrected chi connectivity index (χ0v) is 16.4. The number of methoxy groups -OCH3 is 1. The van der Waals surface area contributed by atoms with E-state index in [-0.39, 0.29) is 17.1 Å². The van der Waals surface area contributed by atoms with Gasteiger partial charge in [0.25, 0.3) is 6.47 Å². The van der Waals surface area contributed by atoms with E-state index in [0.29, 0.717) is 13.0 Å². The first-order valence-electron chi connectivity index (χ1n) is 9.56. The fourth-order valence-corrected chi connectivity index (χ4v) is 4.24. The predicted octanol–water partition coefficient (Wildman–Crippen LogP) is 3.83. The summed E-state index contributed by atoms with van der Waals surface area (Å²) in [7, 11) is 1.31. The lowest BCUT2D eigenvalue weighted by molar-refractivity contribution is -0.137. The van der Waals surface area contributed by atoms with E-state index in [0.717, 1.165) is 37.8 Å². The van der Waals surface area contributed by atoms with Crippen molar-refractivity contribution >= 4 is 12.4 Å². The molecule has 1 atom stereocenters. The van der Waals surface area contributed by atoms with Crippen molar-refractivity contribution in [3.05, 3.63) is 70.5 Å². The molecule has 4 rings (SSSR count). The number of nitrogens with zero attached hydrogens (tertiary/aromatic N) is 1. The summed E-state index contributed by atoms with van der Waals surface area (Å²) >= 11 is 0. The number of ether oxygens (including phenoxy) is 1. The van der Waals surface area contributed by atoms with Gasteiger partial charge in [-0.3, -0.25) is 9.59 Å². The number of aryl methyl sites for hydroxylation is 2. The molecular formula is C23H26FNO3. The lowest BCUT2D eigenvalue weighted by Gasteiger charge is -2.33. The first kappa shape index (κ1) is 20.1. The third kappa shape index (κ3) is 4.24. The normalized spacial score (nSPS) is 20.4. The van der Waals surface area contributed by atoms with Crippen LogP contribution in [-0.2, 0) is 33.7 Å². The maximum Gasteiger partial charge on any atom is 0.292 e. The lowest BCUT2D eigenvalue weighted by atomic mass is 9.70. The van der Waals surface area contributed by atoms with Crippen molar-refractivity contribution in [1.29, 1.82) is 0 Å². The van der Waals surface area contributed by atoms with Gasteiger partial charge in [-0.15, -0.1) is 0 Å². The fraction of sp³-hybridized carbons (Fsp3) is 0.391. The predicted molar refractivity (Wildman–Crippen MR) is 105 cm³/mol. The van der Waals surface area contributed by atoms with Gasteiger partial charge in [-0.25, -0.2) is 4.39 Å². The SMILES string of the molecule is COC=O.Cc1ccc2c(c1)CC1(CC2)CCN(Cc2ccc(F)cc2)C1=O. The second kappa shape index (κ2) is 8.55. The molecule has 1 aliphatic carbocycles. The van der Waals surface area contributed by atoms with Crippen LogP contribution in [0.15, 0.2) is 42.5 Å². The van der Waals surface area contributed by atoms with Gasteiger partial charge in [0.05, 0.1) is 12.5 Å². The number of fused-ring (bicyclic) bond motifs is 1. The molecule has 1 saturated heterocycles. The van der Waals surface area contributed by atoms with Gasteiger partial charge < -0.3 is 9.64 Å². The van der Waals surface area contributed by atoms with E-state index in [9.17, 15) is 9.18 Å². The molecule has 0 N–H and O–H groups in total. The Kier molecular flexibility index (Phi) is 6.12. The topological polar surface area (TPSA) is 46.6 Å². The number of hydrogen-bond donors (Lipinski definition) is 0. The number of rotatable bonds is 3. The van der Waals surface area contributed by atoms with Gasteiger partial charge in [0.15, 0.2) is 0 Å². The Bertz CT molecular complexity index is 849. The maximum atomic E-state index is 13.1. The molecule has 2 aliphatic rings. The molecule has 2 aromatic carbocycles. The van der Waals surface area contributed by atoms with E-state index in [1.807, 2.05) is 4.90 Å². The van der Waals surface area contributed by atoms with Gasteiger partial charge in [0, 0.05) is 13.1 Å². The average Bonchev–Trinajstić information content (AvgIpc) is 2.99. The van der Waals surface area contributed by atoms with Crippen LogP contribution in [0.1, 0.15) is 35.1 Å². The molecule has 1 spiro atoms. The van der Waals surface area contributed by atoms with E-state index in [1.165, 1.54) is 35.9 Å². The minimum atomic E-state index is -0.234. The highest BCUT2D eigenvalue weighted by atomic mass is 19.1. The summed E-state index contributed by atoms with van der Waals surface area (Å²) < 4.78 is 16.9. The molecule has 28 heavy (non-hydrogen) atoms. The number of benzene rings is 2. The van der Waals surface area contributed by atoms with Crippen LogP contribution >= 0.6 is 0 Å². The minimum absolute atomic E-state index is 0.221. The van der Waals surface area contributed by atoms with Gasteiger partial charge >= 0.3 is 0 Å². The second-order valence-electron chi connectivity index (χ2n) is 7.66. The van der Waals surface area contributed by atoms with Gasteiger partial charge in [0.2, 0.25) is 5.91 Å². The molecule has 0 aromatic heterocycles. The van der Waals surface area contributed by atoms with Gasteiger partial charge in [-0.1, -0.05) is 35.9 Å². The van der Waals surface area contributed by atoms with Crippen LogP contribution in [0.3, 0.4) is 0 Å². The highest BCUT2D eigenvalue weighted by molar-refractivity contribution is 5.85. The third-order valence-electron chi connectivity index (χ3n) is 5.75. The number of carbonyl (C=O) groups is 2. The molecule has 1 heterocycles. The van der Waals surface area contributed by atoms with Gasteiger partial charge in [-0.05, 0) is 61.4 Å². The second-order valence-corrected chi connectivity index (χ2v) is 7.66. The number of halogens is 1. The molecule has 1 aliphatic heterocycles. The quantitative estimate of drug-likeness (QED) is 0.757. The fourth-order valence-electron chi connectivity index (χ4n) is 4.24. The van der Waals surface area contributed by atoms with Crippen molar-refractivity contribution in [2.24, 2.45) is 5.41 Å². The third-order valence-corrected chi connectivity index (χ3v) is 5.75. The van der Waals surface area contributed by atoms with Crippen LogP contribution in [0, 0.1) is 18.2 Å². The van der Waals surface area contributed by atoms with E-state index in [2.05, 4.69) is 29.9 Å². The molecular weight excluding hydrogens is 357 g/mol. The zero-order valence-electron chi connectivity index (χ0n) is 16.4. The van der Waals surface area contributed by atoms with E-state index in [4.69, 9.17) is 4.79 Å². The lowest BCUT2D eigenvalue weighted by Crippen LogP contribution is -2.38. The van der Waals surface area contributed by atoms with Crippen LogP contribution in [0.5, 0.6) is 0 Å². The molecule has 0 bridgehead atoms. The van der Waals surface area contributed by atoms with Crippen molar-refractivity contribution in [1.82, 2.24) is 4.90 Å².